The van der Waals surface area contributed by atoms with Crippen molar-refractivity contribution in [2.45, 2.75) is 45.4 Å². The summed E-state index contributed by atoms with van der Waals surface area (Å²) in [6.45, 7) is 4.56. The highest BCUT2D eigenvalue weighted by atomic mass is 16.7. The van der Waals surface area contributed by atoms with Crippen LogP contribution in [0.3, 0.4) is 0 Å². The van der Waals surface area contributed by atoms with E-state index in [1.54, 1.807) is 12.1 Å². The summed E-state index contributed by atoms with van der Waals surface area (Å²) in [5.41, 5.74) is 1.47. The van der Waals surface area contributed by atoms with Gasteiger partial charge in [0.05, 0.1) is 12.5 Å². The number of carbonyl (C=O) groups is 1. The molecule has 0 aliphatic heterocycles. The SMILES string of the molecule is CCCCCC(C(=O)ON=Nc1ccccc1OCC)c1ccccc1. The zero-order valence-corrected chi connectivity index (χ0v) is 15.4. The number of ether oxygens (including phenoxy) is 1. The molecule has 0 aliphatic carbocycles. The van der Waals surface area contributed by atoms with E-state index in [0.717, 1.165) is 31.2 Å². The van der Waals surface area contributed by atoms with Gasteiger partial charge in [0.25, 0.3) is 0 Å². The predicted octanol–water partition coefficient (Wildman–Crippen LogP) is 5.99. The molecule has 1 atom stereocenters. The molecule has 5 nitrogen and oxygen atoms in total. The second-order valence-corrected chi connectivity index (χ2v) is 5.95. The zero-order valence-electron chi connectivity index (χ0n) is 15.4. The number of hydrogen-bond donors (Lipinski definition) is 0. The minimum Gasteiger partial charge on any atom is -0.492 e. The third kappa shape index (κ3) is 5.99. The molecule has 0 spiro atoms. The minimum atomic E-state index is -0.384. The van der Waals surface area contributed by atoms with Crippen molar-refractivity contribution in [2.75, 3.05) is 6.61 Å². The summed E-state index contributed by atoms with van der Waals surface area (Å²) < 4.78 is 5.48. The zero-order chi connectivity index (χ0) is 18.6. The molecule has 5 heteroatoms. The molecule has 0 amide bonds. The molecule has 1 unspecified atom stereocenters. The van der Waals surface area contributed by atoms with E-state index in [4.69, 9.17) is 9.57 Å². The van der Waals surface area contributed by atoms with Crippen LogP contribution in [-0.4, -0.2) is 12.6 Å². The first kappa shape index (κ1) is 19.6. The molecule has 0 aromatic heterocycles. The maximum Gasteiger partial charge on any atom is 0.344 e. The molecule has 26 heavy (non-hydrogen) atoms. The van der Waals surface area contributed by atoms with Crippen molar-refractivity contribution in [3.05, 3.63) is 60.2 Å². The number of rotatable bonds is 10. The number of hydrogen-bond acceptors (Lipinski definition) is 5. The lowest BCUT2D eigenvalue weighted by atomic mass is 9.93. The fraction of sp³-hybridized carbons (Fsp3) is 0.381. The van der Waals surface area contributed by atoms with Gasteiger partial charge in [-0.15, -0.1) is 5.11 Å². The van der Waals surface area contributed by atoms with Crippen LogP contribution < -0.4 is 4.74 Å². The first-order chi connectivity index (χ1) is 12.8. The summed E-state index contributed by atoms with van der Waals surface area (Å²) >= 11 is 0. The molecule has 2 aromatic carbocycles. The van der Waals surface area contributed by atoms with Gasteiger partial charge >= 0.3 is 5.97 Å². The molecule has 0 saturated carbocycles. The molecule has 138 valence electrons. The van der Waals surface area contributed by atoms with Crippen LogP contribution in [0.2, 0.25) is 0 Å². The summed E-state index contributed by atoms with van der Waals surface area (Å²) in [6.07, 6.45) is 3.89. The second kappa shape index (κ2) is 11.0. The van der Waals surface area contributed by atoms with E-state index in [2.05, 4.69) is 17.3 Å². The molecule has 0 fully saturated rings. The Morgan fingerprint density at radius 3 is 2.46 bits per heavy atom. The fourth-order valence-corrected chi connectivity index (χ4v) is 2.69. The highest BCUT2D eigenvalue weighted by Gasteiger charge is 2.22. The number of carbonyl (C=O) groups excluding carboxylic acids is 1. The predicted molar refractivity (Wildman–Crippen MR) is 102 cm³/mol. The van der Waals surface area contributed by atoms with Gasteiger partial charge in [0.1, 0.15) is 11.4 Å². The van der Waals surface area contributed by atoms with Crippen molar-refractivity contribution in [3.63, 3.8) is 0 Å². The summed E-state index contributed by atoms with van der Waals surface area (Å²) in [5, 5.41) is 7.65. The van der Waals surface area contributed by atoms with Crippen molar-refractivity contribution < 1.29 is 14.4 Å². The molecule has 0 aliphatic rings. The molecule has 0 radical (unpaired) electrons. The Balaban J connectivity index is 2.04. The molecular weight excluding hydrogens is 328 g/mol. The van der Waals surface area contributed by atoms with Crippen molar-refractivity contribution in [1.29, 1.82) is 0 Å². The molecule has 0 saturated heterocycles. The van der Waals surface area contributed by atoms with Crippen molar-refractivity contribution in [2.24, 2.45) is 10.4 Å². The Bertz CT molecular complexity index is 701. The summed E-state index contributed by atoms with van der Waals surface area (Å²) in [5.74, 6) is -0.105. The lowest BCUT2D eigenvalue weighted by Gasteiger charge is -2.13. The van der Waals surface area contributed by atoms with Crippen molar-refractivity contribution in [3.8, 4) is 5.75 Å². The van der Waals surface area contributed by atoms with Crippen LogP contribution in [0.15, 0.2) is 65.0 Å². The number of benzene rings is 2. The summed E-state index contributed by atoms with van der Waals surface area (Å²) in [7, 11) is 0. The van der Waals surface area contributed by atoms with Gasteiger partial charge in [-0.1, -0.05) is 68.7 Å². The largest absolute Gasteiger partial charge is 0.492 e. The van der Waals surface area contributed by atoms with Crippen LogP contribution in [0.5, 0.6) is 5.75 Å². The average molecular weight is 354 g/mol. The maximum atomic E-state index is 12.5. The van der Waals surface area contributed by atoms with Crippen LogP contribution in [0, 0.1) is 0 Å². The van der Waals surface area contributed by atoms with Gasteiger partial charge in [0.15, 0.2) is 0 Å². The van der Waals surface area contributed by atoms with E-state index in [9.17, 15) is 4.79 Å². The maximum absolute atomic E-state index is 12.5. The Morgan fingerprint density at radius 1 is 1.00 bits per heavy atom. The van der Waals surface area contributed by atoms with Crippen LogP contribution in [0.1, 0.15) is 51.0 Å². The van der Waals surface area contributed by atoms with E-state index in [0.29, 0.717) is 18.0 Å². The Kier molecular flexibility index (Phi) is 8.33. The quantitative estimate of drug-likeness (QED) is 0.299. The summed E-state index contributed by atoms with van der Waals surface area (Å²) in [6, 6.07) is 16.9. The van der Waals surface area contributed by atoms with Crippen molar-refractivity contribution >= 4 is 11.7 Å². The van der Waals surface area contributed by atoms with Gasteiger partial charge in [0, 0.05) is 5.28 Å². The molecule has 0 N–H and O–H groups in total. The first-order valence-corrected chi connectivity index (χ1v) is 9.15. The third-order valence-electron chi connectivity index (χ3n) is 4.03. The Hall–Kier alpha value is -2.69. The van der Waals surface area contributed by atoms with Gasteiger partial charge in [-0.3, -0.25) is 4.84 Å². The Labute approximate surface area is 155 Å². The fourth-order valence-electron chi connectivity index (χ4n) is 2.69. The lowest BCUT2D eigenvalue weighted by Crippen LogP contribution is -2.14. The molecule has 2 aromatic rings. The minimum absolute atomic E-state index is 0.330. The summed E-state index contributed by atoms with van der Waals surface area (Å²) in [4.78, 5) is 17.6. The lowest BCUT2D eigenvalue weighted by molar-refractivity contribution is -0.146. The van der Waals surface area contributed by atoms with E-state index in [-0.39, 0.29) is 11.9 Å². The van der Waals surface area contributed by atoms with E-state index < -0.39 is 0 Å². The number of para-hydroxylation sites is 1. The van der Waals surface area contributed by atoms with Crippen LogP contribution in [0.25, 0.3) is 0 Å². The normalized spacial score (nSPS) is 12.1. The highest BCUT2D eigenvalue weighted by Crippen LogP contribution is 2.28. The third-order valence-corrected chi connectivity index (χ3v) is 4.03. The first-order valence-electron chi connectivity index (χ1n) is 9.15. The number of nitrogens with zero attached hydrogens (tertiary/aromatic N) is 2. The molecule has 0 heterocycles. The van der Waals surface area contributed by atoms with E-state index in [1.165, 1.54) is 0 Å². The number of unbranched alkanes of at least 4 members (excludes halogenated alkanes) is 2. The standard InChI is InChI=1S/C21H26N2O3/c1-3-5-7-14-18(17-12-8-6-9-13-17)21(24)26-23-22-19-15-10-11-16-20(19)25-4-2/h6,8-13,15-16,18H,3-5,7,14H2,1-2H3. The van der Waals surface area contributed by atoms with Gasteiger partial charge in [-0.05, 0) is 31.0 Å². The molecule has 2 rings (SSSR count). The van der Waals surface area contributed by atoms with Crippen LogP contribution in [-0.2, 0) is 9.63 Å². The van der Waals surface area contributed by atoms with Gasteiger partial charge in [-0.25, -0.2) is 4.79 Å². The molecular formula is C21H26N2O3. The van der Waals surface area contributed by atoms with E-state index in [1.807, 2.05) is 49.4 Å². The van der Waals surface area contributed by atoms with Gasteiger partial charge in [-0.2, -0.15) is 0 Å². The van der Waals surface area contributed by atoms with Gasteiger partial charge < -0.3 is 4.74 Å². The highest BCUT2D eigenvalue weighted by molar-refractivity contribution is 5.77. The van der Waals surface area contributed by atoms with E-state index >= 15 is 0 Å². The molecule has 0 bridgehead atoms. The Morgan fingerprint density at radius 2 is 1.73 bits per heavy atom. The smallest absolute Gasteiger partial charge is 0.344 e. The monoisotopic (exact) mass is 354 g/mol. The van der Waals surface area contributed by atoms with Gasteiger partial charge in [0.2, 0.25) is 0 Å². The topological polar surface area (TPSA) is 60.2 Å². The average Bonchev–Trinajstić information content (AvgIpc) is 2.67. The van der Waals surface area contributed by atoms with Crippen molar-refractivity contribution in [1.82, 2.24) is 0 Å². The van der Waals surface area contributed by atoms with Crippen LogP contribution >= 0.6 is 0 Å². The second-order valence-electron chi connectivity index (χ2n) is 5.95. The van der Waals surface area contributed by atoms with Crippen LogP contribution in [0.4, 0.5) is 5.69 Å².